The van der Waals surface area contributed by atoms with Gasteiger partial charge in [0.1, 0.15) is 6.29 Å². The molecule has 34 heavy (non-hydrogen) atoms. The summed E-state index contributed by atoms with van der Waals surface area (Å²) < 4.78 is 1.65. The van der Waals surface area contributed by atoms with Crippen LogP contribution >= 0.6 is 11.8 Å². The smallest absolute Gasteiger partial charge is 0.260 e. The third-order valence-electron chi connectivity index (χ3n) is 4.45. The quantitative estimate of drug-likeness (QED) is 0.146. The Kier molecular flexibility index (Phi) is 12.6. The predicted molar refractivity (Wildman–Crippen MR) is 146 cm³/mol. The van der Waals surface area contributed by atoms with Crippen LogP contribution in [0, 0.1) is 0 Å². The van der Waals surface area contributed by atoms with Crippen molar-refractivity contribution in [3.63, 3.8) is 0 Å². The molecule has 2 heterocycles. The molecule has 1 aromatic carbocycles. The number of nitrogens with zero attached hydrogens (tertiary/aromatic N) is 3. The molecule has 0 spiro atoms. The van der Waals surface area contributed by atoms with Gasteiger partial charge in [-0.15, -0.1) is 0 Å². The van der Waals surface area contributed by atoms with E-state index in [0.717, 1.165) is 22.3 Å². The molecule has 0 aliphatic heterocycles. The van der Waals surface area contributed by atoms with E-state index in [0.29, 0.717) is 29.1 Å². The Labute approximate surface area is 205 Å². The average molecular weight is 477 g/mol. The maximum atomic E-state index is 13.4. The van der Waals surface area contributed by atoms with E-state index in [9.17, 15) is 4.79 Å². The number of hydrogen-bond acceptors (Lipinski definition) is 6. The second kappa shape index (κ2) is 15.2. The van der Waals surface area contributed by atoms with Crippen molar-refractivity contribution in [3.8, 4) is 5.69 Å². The molecule has 0 unspecified atom stereocenters. The Morgan fingerprint density at radius 2 is 1.88 bits per heavy atom. The zero-order valence-electron chi connectivity index (χ0n) is 20.2. The number of allylic oxidation sites excluding steroid dienone is 5. The molecule has 0 radical (unpaired) electrons. The van der Waals surface area contributed by atoms with Crippen LogP contribution in [0.4, 0.5) is 5.69 Å². The van der Waals surface area contributed by atoms with Gasteiger partial charge in [-0.3, -0.25) is 14.2 Å². The summed E-state index contributed by atoms with van der Waals surface area (Å²) in [6.07, 6.45) is 11.3. The molecule has 1 N–H and O–H groups in total. The lowest BCUT2D eigenvalue weighted by Gasteiger charge is -2.14. The number of carbonyl (C=O) groups is 1. The molecule has 0 atom stereocenters. The predicted octanol–water partition coefficient (Wildman–Crippen LogP) is 5.78. The van der Waals surface area contributed by atoms with Crippen molar-refractivity contribution in [3.05, 3.63) is 102 Å². The number of carbonyl (C=O) groups excluding carboxylic acids is 1. The minimum Gasteiger partial charge on any atom is -0.388 e. The number of fused-ring (bicyclic) bond motifs is 1. The Hall–Kier alpha value is -3.71. The zero-order valence-corrected chi connectivity index (χ0v) is 21.1. The fourth-order valence-corrected chi connectivity index (χ4v) is 3.31. The maximum absolute atomic E-state index is 13.4. The van der Waals surface area contributed by atoms with Gasteiger partial charge in [0.2, 0.25) is 0 Å². The Morgan fingerprint density at radius 1 is 1.18 bits per heavy atom. The van der Waals surface area contributed by atoms with E-state index in [1.165, 1.54) is 17.8 Å². The van der Waals surface area contributed by atoms with E-state index in [4.69, 9.17) is 4.79 Å². The Morgan fingerprint density at radius 3 is 2.44 bits per heavy atom. The van der Waals surface area contributed by atoms with Crippen LogP contribution in [0.5, 0.6) is 0 Å². The number of thioether (sulfide) groups is 1. The van der Waals surface area contributed by atoms with Crippen molar-refractivity contribution in [1.29, 1.82) is 0 Å². The highest BCUT2D eigenvalue weighted by Crippen LogP contribution is 2.21. The van der Waals surface area contributed by atoms with E-state index in [-0.39, 0.29) is 5.56 Å². The molecular weight excluding hydrogens is 444 g/mol. The standard InChI is InChI=1S/C22H22N4OS.C3H4O.C2H6/c1-5-8-15(6-2)11-16-12-17-14-24-22(28-4)25-20(17)26(21(16)27)19-10-7-9-18(13-19)23-3;1-2-3-4;1-2/h5-10,12-14,23H,1-2,11H2,3-4H3;2-3H,1H2;1-2H3/b15-8+;;. The highest BCUT2D eigenvalue weighted by atomic mass is 32.2. The van der Waals surface area contributed by atoms with Gasteiger partial charge in [0.15, 0.2) is 10.8 Å². The lowest BCUT2D eigenvalue weighted by Crippen LogP contribution is -2.24. The summed E-state index contributed by atoms with van der Waals surface area (Å²) in [4.78, 5) is 31.5. The van der Waals surface area contributed by atoms with Gasteiger partial charge in [-0.2, -0.15) is 0 Å². The first kappa shape index (κ1) is 28.3. The average Bonchev–Trinajstić information content (AvgIpc) is 2.89. The van der Waals surface area contributed by atoms with Crippen molar-refractivity contribution in [2.24, 2.45) is 0 Å². The third-order valence-corrected chi connectivity index (χ3v) is 5.02. The van der Waals surface area contributed by atoms with E-state index in [2.05, 4.69) is 35.0 Å². The fraction of sp³-hybridized carbons (Fsp3) is 0.185. The third kappa shape index (κ3) is 7.42. The van der Waals surface area contributed by atoms with Crippen LogP contribution < -0.4 is 10.9 Å². The van der Waals surface area contributed by atoms with Gasteiger partial charge in [0.25, 0.3) is 5.56 Å². The summed E-state index contributed by atoms with van der Waals surface area (Å²) in [5, 5.41) is 4.55. The van der Waals surface area contributed by atoms with Crippen molar-refractivity contribution < 1.29 is 4.79 Å². The van der Waals surface area contributed by atoms with Crippen LogP contribution in [0.25, 0.3) is 16.7 Å². The summed E-state index contributed by atoms with van der Waals surface area (Å²) >= 11 is 1.44. The SMILES string of the molecule is C=C/C=C(\C=C)Cc1cc2cnc(SC)nc2n(-c2cccc(NC)c2)c1=O.C=CC=O.CC. The monoisotopic (exact) mass is 476 g/mol. The van der Waals surface area contributed by atoms with E-state index >= 15 is 0 Å². The summed E-state index contributed by atoms with van der Waals surface area (Å²) in [7, 11) is 1.85. The van der Waals surface area contributed by atoms with Gasteiger partial charge in [0, 0.05) is 36.3 Å². The molecule has 3 rings (SSSR count). The first-order valence-electron chi connectivity index (χ1n) is 10.8. The van der Waals surface area contributed by atoms with Gasteiger partial charge in [-0.1, -0.05) is 69.6 Å². The molecular formula is C27H32N4O2S. The van der Waals surface area contributed by atoms with Crippen molar-refractivity contribution in [2.45, 2.75) is 25.4 Å². The topological polar surface area (TPSA) is 76.9 Å². The normalized spacial score (nSPS) is 10.2. The van der Waals surface area contributed by atoms with E-state index in [1.807, 2.05) is 63.6 Å². The molecule has 178 valence electrons. The number of aldehydes is 1. The van der Waals surface area contributed by atoms with Crippen LogP contribution in [-0.4, -0.2) is 34.1 Å². The largest absolute Gasteiger partial charge is 0.388 e. The van der Waals surface area contributed by atoms with Crippen molar-refractivity contribution >= 4 is 34.8 Å². The molecule has 2 aromatic heterocycles. The first-order valence-corrected chi connectivity index (χ1v) is 12.0. The van der Waals surface area contributed by atoms with Crippen molar-refractivity contribution in [2.75, 3.05) is 18.6 Å². The number of anilines is 1. The highest BCUT2D eigenvalue weighted by molar-refractivity contribution is 7.98. The number of benzene rings is 1. The molecule has 0 fully saturated rings. The molecule has 0 amide bonds. The van der Waals surface area contributed by atoms with Crippen LogP contribution in [0.15, 0.2) is 96.1 Å². The molecule has 3 aromatic rings. The number of aromatic nitrogens is 3. The second-order valence-corrected chi connectivity index (χ2v) is 7.25. The molecule has 0 saturated carbocycles. The second-order valence-electron chi connectivity index (χ2n) is 6.48. The lowest BCUT2D eigenvalue weighted by molar-refractivity contribution is -0.104. The number of hydrogen-bond donors (Lipinski definition) is 1. The van der Waals surface area contributed by atoms with Gasteiger partial charge >= 0.3 is 0 Å². The molecule has 7 heteroatoms. The lowest BCUT2D eigenvalue weighted by atomic mass is 10.0. The van der Waals surface area contributed by atoms with Crippen LogP contribution in [0.1, 0.15) is 19.4 Å². The molecule has 0 aliphatic carbocycles. The maximum Gasteiger partial charge on any atom is 0.260 e. The van der Waals surface area contributed by atoms with E-state index in [1.54, 1.807) is 22.9 Å². The Bertz CT molecular complexity index is 1220. The van der Waals surface area contributed by atoms with Gasteiger partial charge in [0.05, 0.1) is 5.69 Å². The fourth-order valence-electron chi connectivity index (χ4n) is 2.97. The summed E-state index contributed by atoms with van der Waals surface area (Å²) in [5.74, 6) is 0. The van der Waals surface area contributed by atoms with Crippen LogP contribution in [-0.2, 0) is 11.2 Å². The van der Waals surface area contributed by atoms with Crippen LogP contribution in [0.3, 0.4) is 0 Å². The van der Waals surface area contributed by atoms with Crippen LogP contribution in [0.2, 0.25) is 0 Å². The highest BCUT2D eigenvalue weighted by Gasteiger charge is 2.14. The molecule has 0 saturated heterocycles. The number of rotatable bonds is 8. The molecule has 0 aliphatic rings. The minimum absolute atomic E-state index is 0.108. The molecule has 6 nitrogen and oxygen atoms in total. The zero-order chi connectivity index (χ0) is 25.5. The molecule has 0 bridgehead atoms. The van der Waals surface area contributed by atoms with Gasteiger partial charge < -0.3 is 5.32 Å². The summed E-state index contributed by atoms with van der Waals surface area (Å²) in [5.41, 5.74) is 3.72. The van der Waals surface area contributed by atoms with E-state index < -0.39 is 0 Å². The first-order chi connectivity index (χ1) is 16.5. The van der Waals surface area contributed by atoms with Gasteiger partial charge in [-0.25, -0.2) is 9.97 Å². The Balaban J connectivity index is 0.000000872. The summed E-state index contributed by atoms with van der Waals surface area (Å²) in [6.45, 7) is 14.7. The van der Waals surface area contributed by atoms with Crippen molar-refractivity contribution in [1.82, 2.24) is 14.5 Å². The number of nitrogens with one attached hydrogen (secondary N) is 1. The number of pyridine rings is 1. The van der Waals surface area contributed by atoms with Gasteiger partial charge in [-0.05, 0) is 42.2 Å². The minimum atomic E-state index is -0.108. The summed E-state index contributed by atoms with van der Waals surface area (Å²) in [6, 6.07) is 9.56.